The second-order valence-corrected chi connectivity index (χ2v) is 7.12. The fourth-order valence-corrected chi connectivity index (χ4v) is 2.94. The van der Waals surface area contributed by atoms with Gasteiger partial charge in [0.2, 0.25) is 0 Å². The van der Waals surface area contributed by atoms with E-state index in [0.717, 1.165) is 12.5 Å². The van der Waals surface area contributed by atoms with Gasteiger partial charge in [-0.25, -0.2) is 0 Å². The van der Waals surface area contributed by atoms with Crippen molar-refractivity contribution in [3.05, 3.63) is 0 Å². The lowest BCUT2D eigenvalue weighted by molar-refractivity contribution is 0.196. The van der Waals surface area contributed by atoms with Crippen LogP contribution in [0.2, 0.25) is 0 Å². The van der Waals surface area contributed by atoms with Gasteiger partial charge in [-0.05, 0) is 44.1 Å². The lowest BCUT2D eigenvalue weighted by atomic mass is 9.80. The van der Waals surface area contributed by atoms with Crippen molar-refractivity contribution in [2.45, 2.75) is 72.9 Å². The summed E-state index contributed by atoms with van der Waals surface area (Å²) in [4.78, 5) is 2.67. The summed E-state index contributed by atoms with van der Waals surface area (Å²) in [5, 5.41) is 3.71. The predicted octanol–water partition coefficient (Wildman–Crippen LogP) is 3.52. The van der Waals surface area contributed by atoms with Gasteiger partial charge in [-0.2, -0.15) is 0 Å². The van der Waals surface area contributed by atoms with E-state index in [-0.39, 0.29) is 0 Å². The Morgan fingerprint density at radius 2 is 1.83 bits per heavy atom. The molecule has 1 aliphatic heterocycles. The molecular formula is C16H34N2. The quantitative estimate of drug-likeness (QED) is 0.780. The third kappa shape index (κ3) is 4.55. The highest BCUT2D eigenvalue weighted by atomic mass is 15.2. The molecule has 0 bridgehead atoms. The van der Waals surface area contributed by atoms with Gasteiger partial charge in [0.25, 0.3) is 0 Å². The Labute approximate surface area is 115 Å². The van der Waals surface area contributed by atoms with Crippen LogP contribution in [0.1, 0.15) is 60.8 Å². The van der Waals surface area contributed by atoms with Gasteiger partial charge < -0.3 is 5.32 Å². The van der Waals surface area contributed by atoms with E-state index in [0.29, 0.717) is 17.5 Å². The molecule has 2 unspecified atom stereocenters. The van der Waals surface area contributed by atoms with Gasteiger partial charge in [0, 0.05) is 25.2 Å². The molecule has 18 heavy (non-hydrogen) atoms. The van der Waals surface area contributed by atoms with Gasteiger partial charge in [-0.1, -0.05) is 34.6 Å². The van der Waals surface area contributed by atoms with Gasteiger partial charge in [-0.3, -0.25) is 4.90 Å². The summed E-state index contributed by atoms with van der Waals surface area (Å²) in [6, 6.07) is 1.38. The predicted molar refractivity (Wildman–Crippen MR) is 81.0 cm³/mol. The molecule has 0 aromatic rings. The summed E-state index contributed by atoms with van der Waals surface area (Å²) in [5.41, 5.74) is 0.470. The molecule has 108 valence electrons. The third-order valence-corrected chi connectivity index (χ3v) is 4.76. The molecule has 0 spiro atoms. The van der Waals surface area contributed by atoms with Crippen molar-refractivity contribution in [1.29, 1.82) is 0 Å². The molecule has 2 heteroatoms. The molecule has 0 amide bonds. The molecule has 0 aromatic carbocycles. The number of nitrogens with zero attached hydrogens (tertiary/aromatic N) is 1. The molecule has 1 aliphatic rings. The largest absolute Gasteiger partial charge is 0.312 e. The topological polar surface area (TPSA) is 15.3 Å². The van der Waals surface area contributed by atoms with Gasteiger partial charge in [0.15, 0.2) is 0 Å². The highest BCUT2D eigenvalue weighted by molar-refractivity contribution is 4.86. The van der Waals surface area contributed by atoms with Crippen molar-refractivity contribution in [1.82, 2.24) is 10.2 Å². The molecule has 0 aromatic heterocycles. The fourth-order valence-electron chi connectivity index (χ4n) is 2.94. The molecule has 2 nitrogen and oxygen atoms in total. The average Bonchev–Trinajstić information content (AvgIpc) is 2.79. The van der Waals surface area contributed by atoms with E-state index in [1.165, 1.54) is 32.4 Å². The zero-order chi connectivity index (χ0) is 13.8. The standard InChI is InChI=1S/C16H34N2/c1-7-15(8-2)17-11-13(3)18-10-9-14(12-18)16(4,5)6/h13-15,17H,7-12H2,1-6H3. The minimum Gasteiger partial charge on any atom is -0.312 e. The van der Waals surface area contributed by atoms with Crippen LogP contribution in [0.15, 0.2) is 0 Å². The van der Waals surface area contributed by atoms with E-state index in [9.17, 15) is 0 Å². The highest BCUT2D eigenvalue weighted by Gasteiger charge is 2.33. The molecule has 1 fully saturated rings. The maximum atomic E-state index is 3.71. The van der Waals surface area contributed by atoms with Crippen LogP contribution in [-0.4, -0.2) is 36.6 Å². The van der Waals surface area contributed by atoms with E-state index in [1.54, 1.807) is 0 Å². The van der Waals surface area contributed by atoms with Gasteiger partial charge in [0.05, 0.1) is 0 Å². The third-order valence-electron chi connectivity index (χ3n) is 4.76. The number of nitrogens with one attached hydrogen (secondary N) is 1. The summed E-state index contributed by atoms with van der Waals surface area (Å²) in [6.45, 7) is 17.8. The Hall–Kier alpha value is -0.0800. The zero-order valence-electron chi connectivity index (χ0n) is 13.4. The Kier molecular flexibility index (Phi) is 6.13. The first kappa shape index (κ1) is 16.0. The first-order valence-electron chi connectivity index (χ1n) is 7.85. The van der Waals surface area contributed by atoms with Crippen LogP contribution in [0.5, 0.6) is 0 Å². The van der Waals surface area contributed by atoms with Crippen LogP contribution in [0.3, 0.4) is 0 Å². The molecule has 0 aliphatic carbocycles. The van der Waals surface area contributed by atoms with Crippen molar-refractivity contribution in [2.24, 2.45) is 11.3 Å². The summed E-state index contributed by atoms with van der Waals surface area (Å²) in [6.07, 6.45) is 3.86. The summed E-state index contributed by atoms with van der Waals surface area (Å²) in [7, 11) is 0. The maximum Gasteiger partial charge on any atom is 0.0192 e. The van der Waals surface area contributed by atoms with Crippen LogP contribution in [0.25, 0.3) is 0 Å². The van der Waals surface area contributed by atoms with Crippen LogP contribution in [-0.2, 0) is 0 Å². The van der Waals surface area contributed by atoms with Gasteiger partial charge in [-0.15, -0.1) is 0 Å². The first-order valence-corrected chi connectivity index (χ1v) is 7.85. The second-order valence-electron chi connectivity index (χ2n) is 7.12. The lowest BCUT2D eigenvalue weighted by Crippen LogP contribution is -2.42. The highest BCUT2D eigenvalue weighted by Crippen LogP contribution is 2.34. The average molecular weight is 254 g/mol. The Morgan fingerprint density at radius 1 is 1.22 bits per heavy atom. The number of rotatable bonds is 6. The van der Waals surface area contributed by atoms with Crippen molar-refractivity contribution < 1.29 is 0 Å². The fraction of sp³-hybridized carbons (Fsp3) is 1.00. The van der Waals surface area contributed by atoms with Gasteiger partial charge >= 0.3 is 0 Å². The van der Waals surface area contributed by atoms with Crippen LogP contribution in [0, 0.1) is 11.3 Å². The Balaban J connectivity index is 2.34. The molecule has 1 N–H and O–H groups in total. The molecule has 0 saturated carbocycles. The van der Waals surface area contributed by atoms with E-state index in [4.69, 9.17) is 0 Å². The van der Waals surface area contributed by atoms with E-state index < -0.39 is 0 Å². The molecule has 1 rings (SSSR count). The monoisotopic (exact) mass is 254 g/mol. The van der Waals surface area contributed by atoms with Gasteiger partial charge in [0.1, 0.15) is 0 Å². The Morgan fingerprint density at radius 3 is 2.28 bits per heavy atom. The molecule has 0 radical (unpaired) electrons. The second kappa shape index (κ2) is 6.91. The van der Waals surface area contributed by atoms with Crippen LogP contribution in [0.4, 0.5) is 0 Å². The lowest BCUT2D eigenvalue weighted by Gasteiger charge is -2.30. The van der Waals surface area contributed by atoms with E-state index in [1.807, 2.05) is 0 Å². The molecule has 1 saturated heterocycles. The normalized spacial score (nSPS) is 23.8. The SMILES string of the molecule is CCC(CC)NCC(C)N1CCC(C(C)(C)C)C1. The maximum absolute atomic E-state index is 3.71. The van der Waals surface area contributed by atoms with Crippen molar-refractivity contribution >= 4 is 0 Å². The molecule has 2 atom stereocenters. The first-order chi connectivity index (χ1) is 8.38. The minimum absolute atomic E-state index is 0.470. The summed E-state index contributed by atoms with van der Waals surface area (Å²) >= 11 is 0. The number of likely N-dealkylation sites (tertiary alicyclic amines) is 1. The van der Waals surface area contributed by atoms with Crippen molar-refractivity contribution in [3.8, 4) is 0 Å². The molecule has 1 heterocycles. The number of hydrogen-bond acceptors (Lipinski definition) is 2. The smallest absolute Gasteiger partial charge is 0.0192 e. The summed E-state index contributed by atoms with van der Waals surface area (Å²) < 4.78 is 0. The van der Waals surface area contributed by atoms with Crippen molar-refractivity contribution in [3.63, 3.8) is 0 Å². The van der Waals surface area contributed by atoms with Crippen LogP contribution < -0.4 is 5.32 Å². The molecular weight excluding hydrogens is 220 g/mol. The zero-order valence-corrected chi connectivity index (χ0v) is 13.4. The Bertz CT molecular complexity index is 228. The van der Waals surface area contributed by atoms with E-state index in [2.05, 4.69) is 51.8 Å². The van der Waals surface area contributed by atoms with Crippen LogP contribution >= 0.6 is 0 Å². The minimum atomic E-state index is 0.470. The summed E-state index contributed by atoms with van der Waals surface area (Å²) in [5.74, 6) is 0.869. The van der Waals surface area contributed by atoms with E-state index >= 15 is 0 Å². The number of hydrogen-bond donors (Lipinski definition) is 1. The van der Waals surface area contributed by atoms with Crippen molar-refractivity contribution in [2.75, 3.05) is 19.6 Å².